The molecule has 2 aliphatic heterocycles. The van der Waals surface area contributed by atoms with Crippen molar-refractivity contribution in [3.63, 3.8) is 0 Å². The standard InChI is InChI=1S/C15H24N4O/c20-12-13-4-5-15(17-16-13)19-10-6-14(7-11-19)18-8-2-1-3-9-18/h4-5,14,20H,1-3,6-12H2. The van der Waals surface area contributed by atoms with Gasteiger partial charge >= 0.3 is 0 Å². The number of rotatable bonds is 3. The molecule has 5 heteroatoms. The van der Waals surface area contributed by atoms with E-state index in [-0.39, 0.29) is 6.61 Å². The number of likely N-dealkylation sites (tertiary alicyclic amines) is 1. The maximum atomic E-state index is 9.00. The predicted octanol–water partition coefficient (Wildman–Crippen LogP) is 1.42. The number of aromatic nitrogens is 2. The Balaban J connectivity index is 1.54. The molecule has 0 aromatic carbocycles. The van der Waals surface area contributed by atoms with E-state index >= 15 is 0 Å². The Hall–Kier alpha value is -1.20. The van der Waals surface area contributed by atoms with Gasteiger partial charge < -0.3 is 14.9 Å². The minimum atomic E-state index is -0.0374. The largest absolute Gasteiger partial charge is 0.390 e. The number of anilines is 1. The van der Waals surface area contributed by atoms with Crippen LogP contribution in [0.4, 0.5) is 5.82 Å². The molecule has 0 bridgehead atoms. The molecule has 0 aliphatic carbocycles. The summed E-state index contributed by atoms with van der Waals surface area (Å²) >= 11 is 0. The lowest BCUT2D eigenvalue weighted by Gasteiger charge is -2.40. The van der Waals surface area contributed by atoms with Gasteiger partial charge in [0.25, 0.3) is 0 Å². The summed E-state index contributed by atoms with van der Waals surface area (Å²) in [4.78, 5) is 5.00. The molecule has 1 aromatic rings. The van der Waals surface area contributed by atoms with E-state index in [1.165, 1.54) is 45.2 Å². The highest BCUT2D eigenvalue weighted by Gasteiger charge is 2.26. The smallest absolute Gasteiger partial charge is 0.151 e. The number of piperidine rings is 2. The second-order valence-corrected chi connectivity index (χ2v) is 5.86. The van der Waals surface area contributed by atoms with Crippen molar-refractivity contribution in [1.82, 2.24) is 15.1 Å². The molecule has 0 spiro atoms. The molecule has 0 radical (unpaired) electrons. The summed E-state index contributed by atoms with van der Waals surface area (Å²) in [5, 5.41) is 17.2. The molecule has 0 amide bonds. The molecule has 2 fully saturated rings. The minimum Gasteiger partial charge on any atom is -0.390 e. The molecule has 5 nitrogen and oxygen atoms in total. The fourth-order valence-electron chi connectivity index (χ4n) is 3.35. The van der Waals surface area contributed by atoms with E-state index in [2.05, 4.69) is 20.0 Å². The molecule has 2 aliphatic rings. The van der Waals surface area contributed by atoms with Crippen LogP contribution < -0.4 is 4.90 Å². The average Bonchev–Trinajstić information content (AvgIpc) is 2.56. The molecule has 0 saturated carbocycles. The Morgan fingerprint density at radius 3 is 2.35 bits per heavy atom. The molecular formula is C15H24N4O. The zero-order valence-electron chi connectivity index (χ0n) is 12.0. The third kappa shape index (κ3) is 3.10. The second-order valence-electron chi connectivity index (χ2n) is 5.86. The summed E-state index contributed by atoms with van der Waals surface area (Å²) in [6, 6.07) is 4.59. The summed E-state index contributed by atoms with van der Waals surface area (Å²) in [5.41, 5.74) is 0.636. The Morgan fingerprint density at radius 2 is 1.75 bits per heavy atom. The van der Waals surface area contributed by atoms with Gasteiger partial charge in [-0.15, -0.1) is 5.10 Å². The van der Waals surface area contributed by atoms with Gasteiger partial charge in [-0.25, -0.2) is 0 Å². The topological polar surface area (TPSA) is 52.5 Å². The fourth-order valence-corrected chi connectivity index (χ4v) is 3.35. The van der Waals surface area contributed by atoms with Crippen molar-refractivity contribution in [2.75, 3.05) is 31.1 Å². The first-order valence-electron chi connectivity index (χ1n) is 7.79. The van der Waals surface area contributed by atoms with Crippen LogP contribution in [0.2, 0.25) is 0 Å². The van der Waals surface area contributed by atoms with E-state index in [4.69, 9.17) is 5.11 Å². The lowest BCUT2D eigenvalue weighted by Crippen LogP contribution is -2.47. The molecule has 110 valence electrons. The van der Waals surface area contributed by atoms with E-state index in [0.29, 0.717) is 5.69 Å². The van der Waals surface area contributed by atoms with E-state index in [1.54, 1.807) is 0 Å². The first-order valence-corrected chi connectivity index (χ1v) is 7.79. The molecule has 3 heterocycles. The maximum absolute atomic E-state index is 9.00. The van der Waals surface area contributed by atoms with Crippen LogP contribution in [0.3, 0.4) is 0 Å². The van der Waals surface area contributed by atoms with Gasteiger partial charge in [0.15, 0.2) is 5.82 Å². The third-order valence-electron chi connectivity index (χ3n) is 4.56. The van der Waals surface area contributed by atoms with Crippen molar-refractivity contribution in [1.29, 1.82) is 0 Å². The van der Waals surface area contributed by atoms with Gasteiger partial charge in [0, 0.05) is 19.1 Å². The SMILES string of the molecule is OCc1ccc(N2CCC(N3CCCCC3)CC2)nn1. The second kappa shape index (κ2) is 6.50. The van der Waals surface area contributed by atoms with Gasteiger partial charge in [-0.3, -0.25) is 0 Å². The van der Waals surface area contributed by atoms with Crippen molar-refractivity contribution in [2.45, 2.75) is 44.8 Å². The summed E-state index contributed by atoms with van der Waals surface area (Å²) in [6.07, 6.45) is 6.59. The Morgan fingerprint density at radius 1 is 1.00 bits per heavy atom. The first kappa shape index (κ1) is 13.8. The van der Waals surface area contributed by atoms with Crippen LogP contribution in [0.5, 0.6) is 0 Å². The zero-order valence-corrected chi connectivity index (χ0v) is 12.0. The van der Waals surface area contributed by atoms with Crippen molar-refractivity contribution in [3.8, 4) is 0 Å². The van der Waals surface area contributed by atoms with Crippen LogP contribution in [-0.2, 0) is 6.61 Å². The normalized spacial score (nSPS) is 22.1. The van der Waals surface area contributed by atoms with E-state index < -0.39 is 0 Å². The Labute approximate surface area is 120 Å². The molecule has 1 N–H and O–H groups in total. The number of hydrogen-bond donors (Lipinski definition) is 1. The van der Waals surface area contributed by atoms with Crippen LogP contribution in [0, 0.1) is 0 Å². The van der Waals surface area contributed by atoms with E-state index in [9.17, 15) is 0 Å². The van der Waals surface area contributed by atoms with Crippen molar-refractivity contribution in [3.05, 3.63) is 17.8 Å². The summed E-state index contributed by atoms with van der Waals surface area (Å²) in [5.74, 6) is 0.944. The number of hydrogen-bond acceptors (Lipinski definition) is 5. The van der Waals surface area contributed by atoms with Crippen LogP contribution in [-0.4, -0.2) is 52.4 Å². The number of aliphatic hydroxyl groups is 1. The Kier molecular flexibility index (Phi) is 4.47. The number of nitrogens with zero attached hydrogens (tertiary/aromatic N) is 4. The molecule has 2 saturated heterocycles. The zero-order chi connectivity index (χ0) is 13.8. The summed E-state index contributed by atoms with van der Waals surface area (Å²) < 4.78 is 0. The average molecular weight is 276 g/mol. The van der Waals surface area contributed by atoms with Gasteiger partial charge in [-0.05, 0) is 50.9 Å². The van der Waals surface area contributed by atoms with Crippen LogP contribution >= 0.6 is 0 Å². The van der Waals surface area contributed by atoms with Gasteiger partial charge in [0.05, 0.1) is 12.3 Å². The van der Waals surface area contributed by atoms with Crippen LogP contribution in [0.15, 0.2) is 12.1 Å². The third-order valence-corrected chi connectivity index (χ3v) is 4.56. The van der Waals surface area contributed by atoms with Gasteiger partial charge in [-0.2, -0.15) is 5.10 Å². The lowest BCUT2D eigenvalue weighted by atomic mass is 10.00. The van der Waals surface area contributed by atoms with E-state index in [1.807, 2.05) is 12.1 Å². The lowest BCUT2D eigenvalue weighted by molar-refractivity contribution is 0.141. The quantitative estimate of drug-likeness (QED) is 0.905. The molecule has 20 heavy (non-hydrogen) atoms. The fraction of sp³-hybridized carbons (Fsp3) is 0.733. The van der Waals surface area contributed by atoms with E-state index in [0.717, 1.165) is 24.9 Å². The van der Waals surface area contributed by atoms with Crippen molar-refractivity contribution >= 4 is 5.82 Å². The monoisotopic (exact) mass is 276 g/mol. The highest BCUT2D eigenvalue weighted by atomic mass is 16.3. The number of aliphatic hydroxyl groups excluding tert-OH is 1. The Bertz CT molecular complexity index is 408. The minimum absolute atomic E-state index is 0.0374. The summed E-state index contributed by atoms with van der Waals surface area (Å²) in [6.45, 7) is 4.66. The highest BCUT2D eigenvalue weighted by molar-refractivity contribution is 5.37. The van der Waals surface area contributed by atoms with Crippen LogP contribution in [0.25, 0.3) is 0 Å². The van der Waals surface area contributed by atoms with Crippen LogP contribution in [0.1, 0.15) is 37.8 Å². The van der Waals surface area contributed by atoms with Gasteiger partial charge in [0.1, 0.15) is 0 Å². The maximum Gasteiger partial charge on any atom is 0.151 e. The summed E-state index contributed by atoms with van der Waals surface area (Å²) in [7, 11) is 0. The predicted molar refractivity (Wildman–Crippen MR) is 78.6 cm³/mol. The van der Waals surface area contributed by atoms with Crippen molar-refractivity contribution < 1.29 is 5.11 Å². The molecule has 0 unspecified atom stereocenters. The molecule has 0 atom stereocenters. The molecule has 1 aromatic heterocycles. The van der Waals surface area contributed by atoms with Gasteiger partial charge in [-0.1, -0.05) is 6.42 Å². The highest BCUT2D eigenvalue weighted by Crippen LogP contribution is 2.23. The van der Waals surface area contributed by atoms with Gasteiger partial charge in [0.2, 0.25) is 0 Å². The van der Waals surface area contributed by atoms with Crippen molar-refractivity contribution in [2.24, 2.45) is 0 Å². The molecule has 3 rings (SSSR count). The molecular weight excluding hydrogens is 252 g/mol. The first-order chi connectivity index (χ1) is 9.86.